The highest BCUT2D eigenvalue weighted by Crippen LogP contribution is 2.26. The van der Waals surface area contributed by atoms with Gasteiger partial charge < -0.3 is 9.84 Å². The molecule has 114 valence electrons. The molecule has 5 nitrogen and oxygen atoms in total. The minimum absolute atomic E-state index is 0.0991. The number of carboxylic acids is 1. The standard InChI is InChI=1S/C17H11FN2O3/c18-12-6-8-13(9-7-12)23-16-14(17(21)22)10-19-15(20-16)11-4-2-1-3-5-11/h1-10H,(H,21,22). The van der Waals surface area contributed by atoms with Crippen LogP contribution < -0.4 is 4.74 Å². The van der Waals surface area contributed by atoms with Crippen LogP contribution in [0.3, 0.4) is 0 Å². The molecule has 0 radical (unpaired) electrons. The average molecular weight is 310 g/mol. The molecule has 2 aromatic carbocycles. The smallest absolute Gasteiger partial charge is 0.342 e. The number of carboxylic acid groups (broad SMARTS) is 1. The number of hydrogen-bond donors (Lipinski definition) is 1. The van der Waals surface area contributed by atoms with E-state index in [9.17, 15) is 14.3 Å². The zero-order chi connectivity index (χ0) is 16.2. The summed E-state index contributed by atoms with van der Waals surface area (Å²) in [5.74, 6) is -1.09. The third-order valence-electron chi connectivity index (χ3n) is 3.04. The Kier molecular flexibility index (Phi) is 3.97. The van der Waals surface area contributed by atoms with Crippen LogP contribution in [0.4, 0.5) is 4.39 Å². The summed E-state index contributed by atoms with van der Waals surface area (Å²) >= 11 is 0. The monoisotopic (exact) mass is 310 g/mol. The highest BCUT2D eigenvalue weighted by molar-refractivity contribution is 5.90. The zero-order valence-electron chi connectivity index (χ0n) is 11.8. The zero-order valence-corrected chi connectivity index (χ0v) is 11.8. The fourth-order valence-electron chi connectivity index (χ4n) is 1.93. The Morgan fingerprint density at radius 2 is 1.74 bits per heavy atom. The first-order valence-electron chi connectivity index (χ1n) is 6.72. The van der Waals surface area contributed by atoms with Gasteiger partial charge in [0.1, 0.15) is 17.1 Å². The molecule has 0 atom stereocenters. The Morgan fingerprint density at radius 3 is 2.39 bits per heavy atom. The van der Waals surface area contributed by atoms with Gasteiger partial charge in [-0.2, -0.15) is 4.98 Å². The molecule has 0 aliphatic rings. The third kappa shape index (κ3) is 3.32. The van der Waals surface area contributed by atoms with Gasteiger partial charge in [0.05, 0.1) is 0 Å². The van der Waals surface area contributed by atoms with Crippen LogP contribution in [0.5, 0.6) is 11.6 Å². The van der Waals surface area contributed by atoms with Gasteiger partial charge in [0.25, 0.3) is 0 Å². The van der Waals surface area contributed by atoms with E-state index in [1.807, 2.05) is 18.2 Å². The summed E-state index contributed by atoms with van der Waals surface area (Å²) < 4.78 is 18.4. The number of ether oxygens (including phenoxy) is 1. The van der Waals surface area contributed by atoms with E-state index in [1.54, 1.807) is 12.1 Å². The van der Waals surface area contributed by atoms with Crippen LogP contribution in [0.1, 0.15) is 10.4 Å². The van der Waals surface area contributed by atoms with Crippen molar-refractivity contribution in [2.45, 2.75) is 0 Å². The first-order valence-corrected chi connectivity index (χ1v) is 6.72. The Bertz CT molecular complexity index is 836. The molecule has 0 amide bonds. The third-order valence-corrected chi connectivity index (χ3v) is 3.04. The van der Waals surface area contributed by atoms with Gasteiger partial charge in [-0.1, -0.05) is 30.3 Å². The lowest BCUT2D eigenvalue weighted by molar-refractivity contribution is 0.0693. The van der Waals surface area contributed by atoms with Gasteiger partial charge >= 0.3 is 5.97 Å². The summed E-state index contributed by atoms with van der Waals surface area (Å²) in [4.78, 5) is 19.5. The maximum atomic E-state index is 12.9. The van der Waals surface area contributed by atoms with Crippen LogP contribution in [-0.2, 0) is 0 Å². The van der Waals surface area contributed by atoms with Crippen molar-refractivity contribution in [3.05, 3.63) is 72.2 Å². The topological polar surface area (TPSA) is 72.3 Å². The lowest BCUT2D eigenvalue weighted by atomic mass is 10.2. The SMILES string of the molecule is O=C(O)c1cnc(-c2ccccc2)nc1Oc1ccc(F)cc1. The summed E-state index contributed by atoms with van der Waals surface area (Å²) in [6, 6.07) is 14.3. The van der Waals surface area contributed by atoms with E-state index in [2.05, 4.69) is 9.97 Å². The van der Waals surface area contributed by atoms with E-state index in [-0.39, 0.29) is 17.2 Å². The summed E-state index contributed by atoms with van der Waals surface area (Å²) in [6.07, 6.45) is 1.19. The number of nitrogens with zero attached hydrogens (tertiary/aromatic N) is 2. The maximum absolute atomic E-state index is 12.9. The molecule has 0 saturated heterocycles. The van der Waals surface area contributed by atoms with Gasteiger partial charge in [0.15, 0.2) is 5.82 Å². The van der Waals surface area contributed by atoms with Crippen LogP contribution in [0.15, 0.2) is 60.8 Å². The van der Waals surface area contributed by atoms with Crippen molar-refractivity contribution in [2.24, 2.45) is 0 Å². The second-order valence-electron chi connectivity index (χ2n) is 4.64. The molecule has 1 N–H and O–H groups in total. The van der Waals surface area contributed by atoms with Crippen molar-refractivity contribution in [1.29, 1.82) is 0 Å². The normalized spacial score (nSPS) is 10.3. The van der Waals surface area contributed by atoms with Crippen molar-refractivity contribution in [1.82, 2.24) is 9.97 Å². The Hall–Kier alpha value is -3.28. The molecule has 0 bridgehead atoms. The minimum atomic E-state index is -1.21. The number of benzene rings is 2. The molecule has 1 heterocycles. The number of halogens is 1. The maximum Gasteiger partial charge on any atom is 0.342 e. The van der Waals surface area contributed by atoms with Gasteiger partial charge in [-0.05, 0) is 24.3 Å². The number of aromatic carboxylic acids is 1. The molecule has 6 heteroatoms. The highest BCUT2D eigenvalue weighted by Gasteiger charge is 2.16. The number of hydrogen-bond acceptors (Lipinski definition) is 4. The summed E-state index contributed by atoms with van der Waals surface area (Å²) in [5, 5.41) is 9.23. The van der Waals surface area contributed by atoms with E-state index in [0.717, 1.165) is 5.56 Å². The van der Waals surface area contributed by atoms with E-state index in [4.69, 9.17) is 4.74 Å². The molecular formula is C17H11FN2O3. The van der Waals surface area contributed by atoms with Gasteiger partial charge in [0, 0.05) is 11.8 Å². The van der Waals surface area contributed by atoms with Gasteiger partial charge in [-0.15, -0.1) is 0 Å². The molecule has 23 heavy (non-hydrogen) atoms. The molecule has 1 aromatic heterocycles. The van der Waals surface area contributed by atoms with E-state index in [0.29, 0.717) is 5.82 Å². The molecule has 0 fully saturated rings. The van der Waals surface area contributed by atoms with Crippen molar-refractivity contribution >= 4 is 5.97 Å². The number of rotatable bonds is 4. The lowest BCUT2D eigenvalue weighted by Crippen LogP contribution is -2.04. The van der Waals surface area contributed by atoms with Crippen molar-refractivity contribution < 1.29 is 19.0 Å². The van der Waals surface area contributed by atoms with E-state index < -0.39 is 11.8 Å². The molecule has 0 unspecified atom stereocenters. The van der Waals surface area contributed by atoms with Gasteiger partial charge in [0.2, 0.25) is 5.88 Å². The second-order valence-corrected chi connectivity index (χ2v) is 4.64. The minimum Gasteiger partial charge on any atom is -0.477 e. The fraction of sp³-hybridized carbons (Fsp3) is 0. The second kappa shape index (κ2) is 6.23. The quantitative estimate of drug-likeness (QED) is 0.794. The number of carbonyl (C=O) groups is 1. The number of aromatic nitrogens is 2. The summed E-state index contributed by atoms with van der Waals surface area (Å²) in [6.45, 7) is 0. The summed E-state index contributed by atoms with van der Waals surface area (Å²) in [5.41, 5.74) is 0.558. The Balaban J connectivity index is 2.01. The Morgan fingerprint density at radius 1 is 1.04 bits per heavy atom. The predicted octanol–water partition coefficient (Wildman–Crippen LogP) is 3.77. The lowest BCUT2D eigenvalue weighted by Gasteiger charge is -2.09. The molecule has 0 spiro atoms. The van der Waals surface area contributed by atoms with Crippen LogP contribution in [-0.4, -0.2) is 21.0 Å². The molecule has 0 saturated carbocycles. The van der Waals surface area contributed by atoms with Crippen molar-refractivity contribution in [3.63, 3.8) is 0 Å². The molecular weight excluding hydrogens is 299 g/mol. The molecule has 0 aliphatic carbocycles. The predicted molar refractivity (Wildman–Crippen MR) is 80.9 cm³/mol. The van der Waals surface area contributed by atoms with Crippen LogP contribution in [0.2, 0.25) is 0 Å². The average Bonchev–Trinajstić information content (AvgIpc) is 2.57. The fourth-order valence-corrected chi connectivity index (χ4v) is 1.93. The summed E-state index contributed by atoms with van der Waals surface area (Å²) in [7, 11) is 0. The van der Waals surface area contributed by atoms with Gasteiger partial charge in [-0.25, -0.2) is 14.2 Å². The largest absolute Gasteiger partial charge is 0.477 e. The van der Waals surface area contributed by atoms with Crippen LogP contribution >= 0.6 is 0 Å². The molecule has 3 rings (SSSR count). The first-order chi connectivity index (χ1) is 11.1. The Labute approximate surface area is 131 Å². The molecule has 3 aromatic rings. The van der Waals surface area contributed by atoms with Crippen LogP contribution in [0, 0.1) is 5.82 Å². The van der Waals surface area contributed by atoms with Gasteiger partial charge in [-0.3, -0.25) is 0 Å². The van der Waals surface area contributed by atoms with E-state index in [1.165, 1.54) is 30.5 Å². The molecule has 0 aliphatic heterocycles. The first kappa shape index (κ1) is 14.6. The highest BCUT2D eigenvalue weighted by atomic mass is 19.1. The van der Waals surface area contributed by atoms with Crippen LogP contribution in [0.25, 0.3) is 11.4 Å². The van der Waals surface area contributed by atoms with Crippen molar-refractivity contribution in [3.8, 4) is 23.0 Å². The van der Waals surface area contributed by atoms with E-state index >= 15 is 0 Å². The van der Waals surface area contributed by atoms with Crippen molar-refractivity contribution in [2.75, 3.05) is 0 Å².